The van der Waals surface area contributed by atoms with Crippen molar-refractivity contribution in [3.05, 3.63) is 35.4 Å². The van der Waals surface area contributed by atoms with Gasteiger partial charge in [-0.1, -0.05) is 6.07 Å². The molecule has 2 aliphatic rings. The summed E-state index contributed by atoms with van der Waals surface area (Å²) in [6.45, 7) is 7.28. The van der Waals surface area contributed by atoms with Crippen molar-refractivity contribution in [3.8, 4) is 0 Å². The predicted molar refractivity (Wildman–Crippen MR) is 123 cm³/mol. The number of nitrogens with zero attached hydrogens (tertiary/aromatic N) is 3. The zero-order chi connectivity index (χ0) is 20.6. The zero-order valence-electron chi connectivity index (χ0n) is 17.4. The van der Waals surface area contributed by atoms with E-state index in [0.717, 1.165) is 44.5 Å². The van der Waals surface area contributed by atoms with E-state index in [2.05, 4.69) is 15.2 Å². The standard InChI is InChI=1S/C21H30F2N4O2.HI/c1-2-24-21(25-8-5-16-3-4-18(22)15-19(16)23)27-9-6-17(7-10-27)20(28)26-11-13-29-14-12-26;/h3-4,15,17H,2,5-14H2,1H3,(H,24,25);1H. The first kappa shape index (κ1) is 24.8. The van der Waals surface area contributed by atoms with Gasteiger partial charge < -0.3 is 19.9 Å². The molecule has 2 fully saturated rings. The van der Waals surface area contributed by atoms with Crippen LogP contribution >= 0.6 is 24.0 Å². The van der Waals surface area contributed by atoms with Crippen LogP contribution in [-0.4, -0.2) is 74.1 Å². The summed E-state index contributed by atoms with van der Waals surface area (Å²) in [6, 6.07) is 3.64. The summed E-state index contributed by atoms with van der Waals surface area (Å²) in [4.78, 5) is 21.4. The van der Waals surface area contributed by atoms with Crippen molar-refractivity contribution in [1.29, 1.82) is 0 Å². The lowest BCUT2D eigenvalue weighted by Crippen LogP contribution is -2.50. The molecule has 0 spiro atoms. The molecule has 0 saturated carbocycles. The Bertz CT molecular complexity index is 721. The third-order valence-electron chi connectivity index (χ3n) is 5.46. The van der Waals surface area contributed by atoms with Gasteiger partial charge in [0.05, 0.1) is 13.2 Å². The Morgan fingerprint density at radius 2 is 1.87 bits per heavy atom. The summed E-state index contributed by atoms with van der Waals surface area (Å²) < 4.78 is 32.1. The molecule has 168 valence electrons. The molecule has 1 aromatic rings. The Balaban J connectivity index is 0.00000320. The minimum atomic E-state index is -0.572. The van der Waals surface area contributed by atoms with Crippen LogP contribution in [0.4, 0.5) is 8.78 Å². The van der Waals surface area contributed by atoms with E-state index in [1.807, 2.05) is 11.8 Å². The topological polar surface area (TPSA) is 57.2 Å². The van der Waals surface area contributed by atoms with Crippen LogP contribution in [0.15, 0.2) is 23.2 Å². The molecule has 3 rings (SSSR count). The van der Waals surface area contributed by atoms with Gasteiger partial charge in [-0.15, -0.1) is 24.0 Å². The molecule has 0 aliphatic carbocycles. The Kier molecular flexibility index (Phi) is 10.2. The van der Waals surface area contributed by atoms with E-state index >= 15 is 0 Å². The number of carbonyl (C=O) groups is 1. The van der Waals surface area contributed by atoms with Crippen LogP contribution in [0, 0.1) is 17.6 Å². The highest BCUT2D eigenvalue weighted by atomic mass is 127. The number of morpholine rings is 1. The molecule has 0 bridgehead atoms. The summed E-state index contributed by atoms with van der Waals surface area (Å²) in [5.74, 6) is -0.0280. The van der Waals surface area contributed by atoms with E-state index in [4.69, 9.17) is 4.74 Å². The highest BCUT2D eigenvalue weighted by molar-refractivity contribution is 14.0. The SMILES string of the molecule is CCNC(=NCCc1ccc(F)cc1F)N1CCC(C(=O)N2CCOCC2)CC1.I. The molecule has 0 aromatic heterocycles. The van der Waals surface area contributed by atoms with Crippen molar-refractivity contribution in [2.75, 3.05) is 52.5 Å². The van der Waals surface area contributed by atoms with Gasteiger partial charge in [-0.3, -0.25) is 9.79 Å². The lowest BCUT2D eigenvalue weighted by atomic mass is 9.95. The van der Waals surface area contributed by atoms with E-state index in [-0.39, 0.29) is 35.8 Å². The quantitative estimate of drug-likeness (QED) is 0.358. The second kappa shape index (κ2) is 12.4. The molecule has 1 N–H and O–H groups in total. The summed E-state index contributed by atoms with van der Waals surface area (Å²) in [7, 11) is 0. The normalized spacial score (nSPS) is 18.2. The van der Waals surface area contributed by atoms with Gasteiger partial charge in [0.2, 0.25) is 5.91 Å². The van der Waals surface area contributed by atoms with Crippen LogP contribution in [0.25, 0.3) is 0 Å². The van der Waals surface area contributed by atoms with Gasteiger partial charge in [-0.2, -0.15) is 0 Å². The Labute approximate surface area is 194 Å². The number of amides is 1. The number of rotatable bonds is 5. The molecule has 0 unspecified atom stereocenters. The van der Waals surface area contributed by atoms with Crippen molar-refractivity contribution in [1.82, 2.24) is 15.1 Å². The lowest BCUT2D eigenvalue weighted by Gasteiger charge is -2.36. The Hall–Kier alpha value is -1.49. The van der Waals surface area contributed by atoms with E-state index in [0.29, 0.717) is 44.8 Å². The van der Waals surface area contributed by atoms with E-state index in [1.165, 1.54) is 12.1 Å². The number of benzene rings is 1. The number of aliphatic imine (C=N–C) groups is 1. The Morgan fingerprint density at radius 3 is 2.50 bits per heavy atom. The number of carbonyl (C=O) groups excluding carboxylic acids is 1. The van der Waals surface area contributed by atoms with Crippen molar-refractivity contribution in [2.45, 2.75) is 26.2 Å². The van der Waals surface area contributed by atoms with E-state index < -0.39 is 11.6 Å². The van der Waals surface area contributed by atoms with Gasteiger partial charge in [-0.25, -0.2) is 8.78 Å². The monoisotopic (exact) mass is 536 g/mol. The smallest absolute Gasteiger partial charge is 0.225 e. The fourth-order valence-electron chi connectivity index (χ4n) is 3.81. The minimum Gasteiger partial charge on any atom is -0.378 e. The average molecular weight is 536 g/mol. The zero-order valence-corrected chi connectivity index (χ0v) is 19.7. The van der Waals surface area contributed by atoms with Crippen molar-refractivity contribution >= 4 is 35.8 Å². The van der Waals surface area contributed by atoms with Gasteiger partial charge in [0.15, 0.2) is 5.96 Å². The average Bonchev–Trinajstić information content (AvgIpc) is 2.75. The lowest BCUT2D eigenvalue weighted by molar-refractivity contribution is -0.140. The highest BCUT2D eigenvalue weighted by Gasteiger charge is 2.30. The van der Waals surface area contributed by atoms with Gasteiger partial charge in [0.1, 0.15) is 11.6 Å². The largest absolute Gasteiger partial charge is 0.378 e. The van der Waals surface area contributed by atoms with Crippen LogP contribution in [0.2, 0.25) is 0 Å². The number of piperidine rings is 1. The second-order valence-corrected chi connectivity index (χ2v) is 7.42. The summed E-state index contributed by atoms with van der Waals surface area (Å²) in [5, 5.41) is 3.28. The number of nitrogens with one attached hydrogen (secondary N) is 1. The van der Waals surface area contributed by atoms with Crippen LogP contribution in [-0.2, 0) is 16.0 Å². The molecular formula is C21H31F2IN4O2. The first-order chi connectivity index (χ1) is 14.1. The van der Waals surface area contributed by atoms with Crippen LogP contribution in [0.3, 0.4) is 0 Å². The molecular weight excluding hydrogens is 505 g/mol. The first-order valence-corrected chi connectivity index (χ1v) is 10.4. The first-order valence-electron chi connectivity index (χ1n) is 10.4. The van der Waals surface area contributed by atoms with Gasteiger partial charge in [0, 0.05) is 51.3 Å². The number of hydrogen-bond donors (Lipinski definition) is 1. The number of ether oxygens (including phenoxy) is 1. The number of halogens is 3. The number of likely N-dealkylation sites (tertiary alicyclic amines) is 1. The molecule has 9 heteroatoms. The molecule has 2 heterocycles. The summed E-state index contributed by atoms with van der Waals surface area (Å²) in [5.41, 5.74) is 0.459. The third kappa shape index (κ3) is 6.76. The van der Waals surface area contributed by atoms with Crippen molar-refractivity contribution < 1.29 is 18.3 Å². The van der Waals surface area contributed by atoms with Crippen LogP contribution in [0.5, 0.6) is 0 Å². The maximum Gasteiger partial charge on any atom is 0.225 e. The third-order valence-corrected chi connectivity index (χ3v) is 5.46. The molecule has 30 heavy (non-hydrogen) atoms. The number of hydrogen-bond acceptors (Lipinski definition) is 3. The van der Waals surface area contributed by atoms with Gasteiger partial charge in [0.25, 0.3) is 0 Å². The number of guanidine groups is 1. The Morgan fingerprint density at radius 1 is 1.17 bits per heavy atom. The molecule has 2 saturated heterocycles. The van der Waals surface area contributed by atoms with Crippen LogP contribution < -0.4 is 5.32 Å². The molecule has 6 nitrogen and oxygen atoms in total. The van der Waals surface area contributed by atoms with Crippen molar-refractivity contribution in [3.63, 3.8) is 0 Å². The van der Waals surface area contributed by atoms with Gasteiger partial charge in [-0.05, 0) is 37.8 Å². The fourth-order valence-corrected chi connectivity index (χ4v) is 3.81. The maximum atomic E-state index is 13.8. The van der Waals surface area contributed by atoms with Crippen LogP contribution in [0.1, 0.15) is 25.3 Å². The van der Waals surface area contributed by atoms with E-state index in [9.17, 15) is 13.6 Å². The van der Waals surface area contributed by atoms with E-state index in [1.54, 1.807) is 0 Å². The second-order valence-electron chi connectivity index (χ2n) is 7.42. The maximum absolute atomic E-state index is 13.8. The molecule has 1 aromatic carbocycles. The molecule has 1 amide bonds. The molecule has 0 atom stereocenters. The van der Waals surface area contributed by atoms with Gasteiger partial charge >= 0.3 is 0 Å². The molecule has 2 aliphatic heterocycles. The fraction of sp³-hybridized carbons (Fsp3) is 0.619. The minimum absolute atomic E-state index is 0. The summed E-state index contributed by atoms with van der Waals surface area (Å²) in [6.07, 6.45) is 2.01. The predicted octanol–water partition coefficient (Wildman–Crippen LogP) is 2.66. The highest BCUT2D eigenvalue weighted by Crippen LogP contribution is 2.20. The molecule has 0 radical (unpaired) electrons. The van der Waals surface area contributed by atoms with Crippen molar-refractivity contribution in [2.24, 2.45) is 10.9 Å². The summed E-state index contributed by atoms with van der Waals surface area (Å²) >= 11 is 0.